The molecule has 0 aliphatic carbocycles. The Morgan fingerprint density at radius 3 is 2.81 bits per heavy atom. The van der Waals surface area contributed by atoms with Gasteiger partial charge < -0.3 is 5.11 Å². The van der Waals surface area contributed by atoms with Crippen LogP contribution in [0.15, 0.2) is 12.3 Å². The number of nitrogens with zero attached hydrogens (tertiary/aromatic N) is 2. The number of carbonyl (C=O) groups is 1. The van der Waals surface area contributed by atoms with E-state index in [9.17, 15) is 13.2 Å². The van der Waals surface area contributed by atoms with Crippen LogP contribution in [-0.2, 0) is 16.4 Å². The highest BCUT2D eigenvalue weighted by Crippen LogP contribution is 2.02. The monoisotopic (exact) mass is 246 g/mol. The zero-order chi connectivity index (χ0) is 12.2. The van der Waals surface area contributed by atoms with Crippen molar-refractivity contribution in [3.8, 4) is 0 Å². The van der Waals surface area contributed by atoms with Crippen molar-refractivity contribution in [3.63, 3.8) is 0 Å². The van der Waals surface area contributed by atoms with E-state index in [1.807, 2.05) is 0 Å². The van der Waals surface area contributed by atoms with Crippen molar-refractivity contribution in [2.75, 3.05) is 11.5 Å². The van der Waals surface area contributed by atoms with Crippen molar-refractivity contribution in [1.82, 2.24) is 9.78 Å². The molecule has 1 rings (SSSR count). The fourth-order valence-electron chi connectivity index (χ4n) is 1.27. The summed E-state index contributed by atoms with van der Waals surface area (Å²) in [6.45, 7) is 1.89. The minimum atomic E-state index is -2.99. The Morgan fingerprint density at radius 1 is 1.56 bits per heavy atom. The molecule has 0 amide bonds. The lowest BCUT2D eigenvalue weighted by atomic mass is 10.4. The molecule has 0 atom stereocenters. The van der Waals surface area contributed by atoms with Gasteiger partial charge in [0.15, 0.2) is 0 Å². The highest BCUT2D eigenvalue weighted by Gasteiger charge is 2.11. The first kappa shape index (κ1) is 12.7. The molecule has 0 fully saturated rings. The second-order valence-electron chi connectivity index (χ2n) is 3.33. The summed E-state index contributed by atoms with van der Waals surface area (Å²) in [6, 6.07) is 1.39. The maximum atomic E-state index is 11.2. The van der Waals surface area contributed by atoms with Crippen LogP contribution in [0.5, 0.6) is 0 Å². The van der Waals surface area contributed by atoms with Gasteiger partial charge in [0.25, 0.3) is 0 Å². The molecule has 16 heavy (non-hydrogen) atoms. The van der Waals surface area contributed by atoms with Crippen LogP contribution < -0.4 is 0 Å². The molecule has 0 saturated heterocycles. The summed E-state index contributed by atoms with van der Waals surface area (Å²) in [6.07, 6.45) is 1.76. The molecule has 90 valence electrons. The van der Waals surface area contributed by atoms with E-state index in [-0.39, 0.29) is 17.2 Å². The molecule has 6 nitrogen and oxygen atoms in total. The molecule has 0 bridgehead atoms. The van der Waals surface area contributed by atoms with Gasteiger partial charge in [-0.3, -0.25) is 4.68 Å². The van der Waals surface area contributed by atoms with E-state index in [1.165, 1.54) is 16.9 Å². The van der Waals surface area contributed by atoms with Crippen LogP contribution in [0.25, 0.3) is 0 Å². The third-order valence-electron chi connectivity index (χ3n) is 2.20. The lowest BCUT2D eigenvalue weighted by molar-refractivity contribution is 0.0683. The Balaban J connectivity index is 2.56. The molecule has 0 aromatic carbocycles. The van der Waals surface area contributed by atoms with Crippen molar-refractivity contribution >= 4 is 15.8 Å². The first-order valence-electron chi connectivity index (χ1n) is 4.92. The Bertz CT molecular complexity index is 464. The van der Waals surface area contributed by atoms with Gasteiger partial charge in [-0.25, -0.2) is 13.2 Å². The van der Waals surface area contributed by atoms with Crippen LogP contribution in [0.2, 0.25) is 0 Å². The average Bonchev–Trinajstić information content (AvgIpc) is 2.66. The quantitative estimate of drug-likeness (QED) is 0.785. The van der Waals surface area contributed by atoms with Gasteiger partial charge >= 0.3 is 5.97 Å². The second-order valence-corrected chi connectivity index (χ2v) is 5.81. The maximum absolute atomic E-state index is 11.2. The fourth-order valence-corrected chi connectivity index (χ4v) is 2.13. The molecule has 0 aliphatic rings. The van der Waals surface area contributed by atoms with Gasteiger partial charge in [-0.15, -0.1) is 0 Å². The second kappa shape index (κ2) is 5.11. The minimum absolute atomic E-state index is 0.0580. The zero-order valence-corrected chi connectivity index (χ0v) is 9.77. The number of aryl methyl sites for hydroxylation is 1. The molecule has 0 unspecified atom stereocenters. The third-order valence-corrected chi connectivity index (χ3v) is 3.99. The predicted molar refractivity (Wildman–Crippen MR) is 58.1 cm³/mol. The highest BCUT2D eigenvalue weighted by molar-refractivity contribution is 7.91. The topological polar surface area (TPSA) is 89.3 Å². The summed E-state index contributed by atoms with van der Waals surface area (Å²) in [7, 11) is -2.99. The zero-order valence-electron chi connectivity index (χ0n) is 8.96. The Morgan fingerprint density at radius 2 is 2.25 bits per heavy atom. The summed E-state index contributed by atoms with van der Waals surface area (Å²) in [4.78, 5) is 10.7. The van der Waals surface area contributed by atoms with E-state index in [0.717, 1.165) is 0 Å². The number of carboxylic acid groups (broad SMARTS) is 1. The van der Waals surface area contributed by atoms with E-state index in [0.29, 0.717) is 13.0 Å². The van der Waals surface area contributed by atoms with Crippen molar-refractivity contribution in [2.45, 2.75) is 19.9 Å². The van der Waals surface area contributed by atoms with Crippen molar-refractivity contribution < 1.29 is 18.3 Å². The molecule has 1 aromatic heterocycles. The molecular weight excluding hydrogens is 232 g/mol. The van der Waals surface area contributed by atoms with Gasteiger partial charge in [-0.2, -0.15) is 5.10 Å². The first-order valence-corrected chi connectivity index (χ1v) is 6.74. The number of aromatic nitrogens is 2. The number of aromatic carboxylic acids is 1. The molecule has 0 saturated carbocycles. The summed E-state index contributed by atoms with van der Waals surface area (Å²) in [5, 5.41) is 12.6. The van der Waals surface area contributed by atoms with Crippen LogP contribution in [0, 0.1) is 0 Å². The van der Waals surface area contributed by atoms with Gasteiger partial charge in [-0.05, 0) is 12.5 Å². The predicted octanol–water partition coefficient (Wildman–Crippen LogP) is 0.406. The van der Waals surface area contributed by atoms with Gasteiger partial charge in [0.1, 0.15) is 15.5 Å². The molecule has 1 N–H and O–H groups in total. The summed E-state index contributed by atoms with van der Waals surface area (Å²) < 4.78 is 23.7. The number of hydrogen-bond donors (Lipinski definition) is 1. The van der Waals surface area contributed by atoms with Gasteiger partial charge in [0, 0.05) is 18.5 Å². The van der Waals surface area contributed by atoms with Crippen LogP contribution in [-0.4, -0.2) is 40.8 Å². The van der Waals surface area contributed by atoms with Crippen molar-refractivity contribution in [1.29, 1.82) is 0 Å². The summed E-state index contributed by atoms with van der Waals surface area (Å²) >= 11 is 0. The van der Waals surface area contributed by atoms with Gasteiger partial charge in [0.05, 0.1) is 5.75 Å². The lowest BCUT2D eigenvalue weighted by Gasteiger charge is -2.04. The summed E-state index contributed by atoms with van der Waals surface area (Å²) in [5.41, 5.74) is 0.0777. The molecule has 0 radical (unpaired) electrons. The van der Waals surface area contributed by atoms with Crippen LogP contribution in [0.1, 0.15) is 23.8 Å². The fraction of sp³-hybridized carbons (Fsp3) is 0.556. The van der Waals surface area contributed by atoms with Crippen LogP contribution in [0.3, 0.4) is 0 Å². The van der Waals surface area contributed by atoms with Crippen LogP contribution in [0.4, 0.5) is 0 Å². The smallest absolute Gasteiger partial charge is 0.354 e. The lowest BCUT2D eigenvalue weighted by Crippen LogP contribution is -2.14. The highest BCUT2D eigenvalue weighted by atomic mass is 32.2. The molecule has 1 heterocycles. The maximum Gasteiger partial charge on any atom is 0.354 e. The van der Waals surface area contributed by atoms with E-state index >= 15 is 0 Å². The molecular formula is C9H14N2O4S. The molecule has 0 aliphatic heterocycles. The number of carboxylic acids is 1. The standard InChI is InChI=1S/C9H14N2O4S/c1-2-16(14,15)7-3-6-11-8(9(12)13)4-5-10-11/h4-5H,2-3,6-7H2,1H3,(H,12,13). The van der Waals surface area contributed by atoms with Gasteiger partial charge in [0.2, 0.25) is 0 Å². The molecule has 0 spiro atoms. The normalized spacial score (nSPS) is 11.6. The van der Waals surface area contributed by atoms with E-state index in [4.69, 9.17) is 5.11 Å². The van der Waals surface area contributed by atoms with Crippen molar-refractivity contribution in [3.05, 3.63) is 18.0 Å². The first-order chi connectivity index (χ1) is 7.46. The Kier molecular flexibility index (Phi) is 4.05. The third kappa shape index (κ3) is 3.34. The average molecular weight is 246 g/mol. The van der Waals surface area contributed by atoms with E-state index < -0.39 is 15.8 Å². The number of hydrogen-bond acceptors (Lipinski definition) is 4. The molecule has 7 heteroatoms. The Hall–Kier alpha value is -1.37. The van der Waals surface area contributed by atoms with E-state index in [2.05, 4.69) is 5.10 Å². The van der Waals surface area contributed by atoms with Gasteiger partial charge in [-0.1, -0.05) is 6.92 Å². The number of rotatable bonds is 6. The van der Waals surface area contributed by atoms with Crippen molar-refractivity contribution in [2.24, 2.45) is 0 Å². The Labute approximate surface area is 93.8 Å². The minimum Gasteiger partial charge on any atom is -0.477 e. The van der Waals surface area contributed by atoms with Crippen LogP contribution >= 0.6 is 0 Å². The SMILES string of the molecule is CCS(=O)(=O)CCCn1nccc1C(=O)O. The summed E-state index contributed by atoms with van der Waals surface area (Å²) in [5.74, 6) is -0.892. The van der Waals surface area contributed by atoms with E-state index in [1.54, 1.807) is 6.92 Å². The number of sulfone groups is 1. The largest absolute Gasteiger partial charge is 0.477 e. The molecule has 1 aromatic rings.